The Kier molecular flexibility index (Phi) is 10.5. The summed E-state index contributed by atoms with van der Waals surface area (Å²) >= 11 is 0. The molecule has 0 saturated carbocycles. The number of hydrogen-bond acceptors (Lipinski definition) is 8. The number of Topliss-reactive ketones (excluding diaryl/α,β-unsaturated/α-hetero) is 2. The fourth-order valence-electron chi connectivity index (χ4n) is 5.07. The molecule has 0 spiro atoms. The number of fused-ring (bicyclic) bond motifs is 1. The summed E-state index contributed by atoms with van der Waals surface area (Å²) in [5, 5.41) is 8.82. The summed E-state index contributed by atoms with van der Waals surface area (Å²) in [7, 11) is 1.53. The molecule has 232 valence electrons. The summed E-state index contributed by atoms with van der Waals surface area (Å²) < 4.78 is 10.4. The largest absolute Gasteiger partial charge is 0.496 e. The molecule has 2 unspecified atom stereocenters. The van der Waals surface area contributed by atoms with Gasteiger partial charge in [-0.3, -0.25) is 24.0 Å². The molecule has 0 radical (unpaired) electrons. The van der Waals surface area contributed by atoms with Gasteiger partial charge in [0.15, 0.2) is 12.4 Å². The lowest BCUT2D eigenvalue weighted by atomic mass is 9.95. The quantitative estimate of drug-likeness (QED) is 0.123. The van der Waals surface area contributed by atoms with Crippen LogP contribution in [-0.2, 0) is 23.9 Å². The molecule has 2 heterocycles. The Balaban J connectivity index is 1.47. The van der Waals surface area contributed by atoms with Gasteiger partial charge in [0.25, 0.3) is 11.7 Å². The third-order valence-corrected chi connectivity index (χ3v) is 7.37. The first-order valence-corrected chi connectivity index (χ1v) is 14.4. The van der Waals surface area contributed by atoms with Crippen LogP contribution in [0.15, 0.2) is 54.6 Å². The van der Waals surface area contributed by atoms with Crippen LogP contribution < -0.4 is 20.7 Å². The SMILES string of the molecule is COc1cccc2[nH]c(C(=O)NC(CC(C)C)C(=O)NC(C[C@@H]3CCNC3=O)C(=O)COC(=O)C(=O)c3ccccc3)cc12. The van der Waals surface area contributed by atoms with Crippen LogP contribution in [0, 0.1) is 11.8 Å². The zero-order valence-electron chi connectivity index (χ0n) is 24.8. The van der Waals surface area contributed by atoms with Crippen LogP contribution in [0.3, 0.4) is 0 Å². The fraction of sp³-hybridized carbons (Fsp3) is 0.375. The molecule has 1 saturated heterocycles. The van der Waals surface area contributed by atoms with E-state index in [1.54, 1.807) is 42.5 Å². The summed E-state index contributed by atoms with van der Waals surface area (Å²) in [5.41, 5.74) is 1.01. The Morgan fingerprint density at radius 2 is 1.73 bits per heavy atom. The molecular weight excluding hydrogens is 568 g/mol. The van der Waals surface area contributed by atoms with Crippen LogP contribution in [0.5, 0.6) is 5.75 Å². The standard InChI is InChI=1S/C32H36N4O8/c1-18(2)14-24(36-31(41)25-16-21-22(34-25)10-7-11-27(21)43-3)30(40)35-23(15-20-12-13-33-29(20)39)26(37)17-44-32(42)28(38)19-8-5-4-6-9-19/h4-11,16,18,20,23-24,34H,12-15,17H2,1-3H3,(H,33,39)(H,35,40)(H,36,41)/t20-,23?,24?/m0/s1. The molecule has 0 bridgehead atoms. The number of benzene rings is 2. The number of rotatable bonds is 14. The van der Waals surface area contributed by atoms with Crippen molar-refractivity contribution >= 4 is 46.2 Å². The topological polar surface area (TPSA) is 173 Å². The molecule has 12 heteroatoms. The van der Waals surface area contributed by atoms with Crippen molar-refractivity contribution in [3.05, 3.63) is 65.9 Å². The van der Waals surface area contributed by atoms with Crippen molar-refractivity contribution in [2.75, 3.05) is 20.3 Å². The Bertz CT molecular complexity index is 1550. The minimum absolute atomic E-state index is 0.00595. The van der Waals surface area contributed by atoms with Crippen LogP contribution in [0.25, 0.3) is 10.9 Å². The van der Waals surface area contributed by atoms with Crippen molar-refractivity contribution in [2.24, 2.45) is 11.8 Å². The minimum atomic E-state index is -1.21. The van der Waals surface area contributed by atoms with E-state index in [1.165, 1.54) is 19.2 Å². The van der Waals surface area contributed by atoms with E-state index in [4.69, 9.17) is 9.47 Å². The molecule has 4 rings (SSSR count). The first-order chi connectivity index (χ1) is 21.1. The van der Waals surface area contributed by atoms with Crippen LogP contribution in [0.2, 0.25) is 0 Å². The van der Waals surface area contributed by atoms with Gasteiger partial charge in [0.05, 0.1) is 13.2 Å². The van der Waals surface area contributed by atoms with E-state index < -0.39 is 54.0 Å². The number of ether oxygens (including phenoxy) is 2. The summed E-state index contributed by atoms with van der Waals surface area (Å²) in [6.45, 7) is 3.42. The van der Waals surface area contributed by atoms with Crippen molar-refractivity contribution in [3.63, 3.8) is 0 Å². The van der Waals surface area contributed by atoms with Gasteiger partial charge in [0.1, 0.15) is 17.5 Å². The highest BCUT2D eigenvalue weighted by Gasteiger charge is 2.34. The van der Waals surface area contributed by atoms with Crippen molar-refractivity contribution in [1.29, 1.82) is 0 Å². The maximum Gasteiger partial charge on any atom is 0.380 e. The molecule has 2 aromatic carbocycles. The Hall–Kier alpha value is -5.00. The predicted octanol–water partition coefficient (Wildman–Crippen LogP) is 2.33. The second kappa shape index (κ2) is 14.5. The highest BCUT2D eigenvalue weighted by molar-refractivity contribution is 6.40. The number of carbonyl (C=O) groups excluding carboxylic acids is 6. The summed E-state index contributed by atoms with van der Waals surface area (Å²) in [5.74, 6) is -4.22. The maximum absolute atomic E-state index is 13.5. The van der Waals surface area contributed by atoms with Crippen LogP contribution >= 0.6 is 0 Å². The number of carbonyl (C=O) groups is 6. The number of aromatic amines is 1. The van der Waals surface area contributed by atoms with E-state index in [0.29, 0.717) is 29.6 Å². The first kappa shape index (κ1) is 31.9. The van der Waals surface area contributed by atoms with E-state index in [-0.39, 0.29) is 35.9 Å². The van der Waals surface area contributed by atoms with Gasteiger partial charge < -0.3 is 30.4 Å². The van der Waals surface area contributed by atoms with Crippen molar-refractivity contribution in [3.8, 4) is 5.75 Å². The van der Waals surface area contributed by atoms with Gasteiger partial charge >= 0.3 is 5.97 Å². The van der Waals surface area contributed by atoms with E-state index in [9.17, 15) is 28.8 Å². The molecule has 1 fully saturated rings. The zero-order chi connectivity index (χ0) is 31.8. The van der Waals surface area contributed by atoms with Gasteiger partial charge in [0.2, 0.25) is 11.8 Å². The monoisotopic (exact) mass is 604 g/mol. The molecule has 3 atom stereocenters. The normalized spacial score (nSPS) is 15.7. The number of amides is 3. The molecule has 4 N–H and O–H groups in total. The van der Waals surface area contributed by atoms with Crippen molar-refractivity contribution in [2.45, 2.75) is 45.2 Å². The van der Waals surface area contributed by atoms with Gasteiger partial charge in [-0.1, -0.05) is 50.2 Å². The third kappa shape index (κ3) is 7.88. The van der Waals surface area contributed by atoms with Gasteiger partial charge in [-0.2, -0.15) is 0 Å². The second-order valence-corrected chi connectivity index (χ2v) is 11.1. The third-order valence-electron chi connectivity index (χ3n) is 7.37. The fourth-order valence-corrected chi connectivity index (χ4v) is 5.07. The number of hydrogen-bond donors (Lipinski definition) is 4. The average molecular weight is 605 g/mol. The number of esters is 1. The van der Waals surface area contributed by atoms with Crippen LogP contribution in [-0.4, -0.2) is 72.6 Å². The van der Waals surface area contributed by atoms with Gasteiger partial charge in [-0.25, -0.2) is 4.79 Å². The molecule has 12 nitrogen and oxygen atoms in total. The first-order valence-electron chi connectivity index (χ1n) is 14.4. The molecule has 0 aliphatic carbocycles. The Morgan fingerprint density at radius 3 is 2.39 bits per heavy atom. The lowest BCUT2D eigenvalue weighted by molar-refractivity contribution is -0.144. The molecule has 1 aliphatic rings. The number of aromatic nitrogens is 1. The smallest absolute Gasteiger partial charge is 0.380 e. The lowest BCUT2D eigenvalue weighted by Crippen LogP contribution is -2.53. The molecule has 1 aliphatic heterocycles. The molecular formula is C32H36N4O8. The van der Waals surface area contributed by atoms with Gasteiger partial charge in [-0.15, -0.1) is 0 Å². The summed E-state index contributed by atoms with van der Waals surface area (Å²) in [6.07, 6.45) is 0.679. The van der Waals surface area contributed by atoms with Crippen LogP contribution in [0.1, 0.15) is 54.0 Å². The number of methoxy groups -OCH3 is 1. The zero-order valence-corrected chi connectivity index (χ0v) is 24.8. The molecule has 1 aromatic heterocycles. The molecule has 44 heavy (non-hydrogen) atoms. The highest BCUT2D eigenvalue weighted by atomic mass is 16.5. The van der Waals surface area contributed by atoms with E-state index in [1.807, 2.05) is 13.8 Å². The van der Waals surface area contributed by atoms with E-state index >= 15 is 0 Å². The second-order valence-electron chi connectivity index (χ2n) is 11.1. The van der Waals surface area contributed by atoms with Crippen molar-refractivity contribution < 1.29 is 38.2 Å². The van der Waals surface area contributed by atoms with Gasteiger partial charge in [0, 0.05) is 28.9 Å². The van der Waals surface area contributed by atoms with Crippen molar-refractivity contribution in [1.82, 2.24) is 20.9 Å². The van der Waals surface area contributed by atoms with E-state index in [2.05, 4.69) is 20.9 Å². The summed E-state index contributed by atoms with van der Waals surface area (Å²) in [4.78, 5) is 80.1. The Labute approximate surface area is 254 Å². The lowest BCUT2D eigenvalue weighted by Gasteiger charge is -2.25. The average Bonchev–Trinajstić information content (AvgIpc) is 3.64. The number of H-pyrrole nitrogens is 1. The van der Waals surface area contributed by atoms with Gasteiger partial charge in [-0.05, 0) is 43.4 Å². The molecule has 3 amide bonds. The van der Waals surface area contributed by atoms with Crippen LogP contribution in [0.4, 0.5) is 0 Å². The molecule has 3 aromatic rings. The summed E-state index contributed by atoms with van der Waals surface area (Å²) in [6, 6.07) is 12.5. The maximum atomic E-state index is 13.5. The minimum Gasteiger partial charge on any atom is -0.496 e. The number of ketones is 2. The Morgan fingerprint density at radius 1 is 0.977 bits per heavy atom. The van der Waals surface area contributed by atoms with E-state index in [0.717, 1.165) is 0 Å². The number of nitrogens with one attached hydrogen (secondary N) is 4. The predicted molar refractivity (Wildman–Crippen MR) is 160 cm³/mol. The highest BCUT2D eigenvalue weighted by Crippen LogP contribution is 2.26.